The predicted molar refractivity (Wildman–Crippen MR) is 167 cm³/mol. The highest BCUT2D eigenvalue weighted by Crippen LogP contribution is 2.27. The molecule has 42 heavy (non-hydrogen) atoms. The van der Waals surface area contributed by atoms with Crippen LogP contribution < -0.4 is 14.4 Å². The van der Waals surface area contributed by atoms with Crippen LogP contribution in [0.3, 0.4) is 0 Å². The number of hydrogen-bond donors (Lipinski definition) is 1. The maximum absolute atomic E-state index is 14.2. The summed E-state index contributed by atoms with van der Waals surface area (Å²) in [4.78, 5) is 29.2. The van der Waals surface area contributed by atoms with Gasteiger partial charge in [0.25, 0.3) is 10.0 Å². The lowest BCUT2D eigenvalue weighted by molar-refractivity contribution is -0.140. The predicted octanol–water partition coefficient (Wildman–Crippen LogP) is 5.40. The molecule has 0 aliphatic rings. The molecule has 9 heteroatoms. The van der Waals surface area contributed by atoms with Crippen LogP contribution in [0.5, 0.6) is 5.75 Å². The van der Waals surface area contributed by atoms with Crippen molar-refractivity contribution in [2.75, 3.05) is 24.5 Å². The summed E-state index contributed by atoms with van der Waals surface area (Å²) < 4.78 is 34.7. The Morgan fingerprint density at radius 3 is 2.12 bits per heavy atom. The van der Waals surface area contributed by atoms with Gasteiger partial charge in [-0.3, -0.25) is 13.9 Å². The zero-order chi connectivity index (χ0) is 31.0. The second kappa shape index (κ2) is 14.4. The maximum Gasteiger partial charge on any atom is 0.264 e. The fraction of sp³-hybridized carbons (Fsp3) is 0.394. The Balaban J connectivity index is 2.09. The lowest BCUT2D eigenvalue weighted by atomic mass is 10.1. The number of benzene rings is 3. The molecule has 0 unspecified atom stereocenters. The van der Waals surface area contributed by atoms with Crippen molar-refractivity contribution in [1.29, 1.82) is 0 Å². The van der Waals surface area contributed by atoms with E-state index in [1.807, 2.05) is 65.8 Å². The maximum atomic E-state index is 14.2. The van der Waals surface area contributed by atoms with E-state index in [0.29, 0.717) is 24.4 Å². The van der Waals surface area contributed by atoms with Crippen molar-refractivity contribution in [3.63, 3.8) is 0 Å². The van der Waals surface area contributed by atoms with Crippen LogP contribution in [0.1, 0.15) is 49.4 Å². The van der Waals surface area contributed by atoms with Crippen molar-refractivity contribution in [2.24, 2.45) is 5.92 Å². The fourth-order valence-corrected chi connectivity index (χ4v) is 6.17. The zero-order valence-corrected chi connectivity index (χ0v) is 26.5. The minimum Gasteiger partial charge on any atom is -0.497 e. The fourth-order valence-electron chi connectivity index (χ4n) is 4.77. The lowest BCUT2D eigenvalue weighted by Crippen LogP contribution is -2.52. The van der Waals surface area contributed by atoms with Crippen molar-refractivity contribution in [1.82, 2.24) is 10.2 Å². The minimum absolute atomic E-state index is 0.0844. The van der Waals surface area contributed by atoms with E-state index in [1.54, 1.807) is 49.6 Å². The van der Waals surface area contributed by atoms with Gasteiger partial charge in [0.1, 0.15) is 18.3 Å². The average Bonchev–Trinajstić information content (AvgIpc) is 2.94. The number of carbonyl (C=O) groups excluding carboxylic acids is 2. The van der Waals surface area contributed by atoms with Gasteiger partial charge in [0.2, 0.25) is 11.8 Å². The highest BCUT2D eigenvalue weighted by molar-refractivity contribution is 7.92. The van der Waals surface area contributed by atoms with E-state index in [1.165, 1.54) is 4.90 Å². The number of aryl methyl sites for hydroxylation is 3. The Hall–Kier alpha value is -3.85. The number of carbonyl (C=O) groups is 2. The lowest BCUT2D eigenvalue weighted by Gasteiger charge is -2.33. The summed E-state index contributed by atoms with van der Waals surface area (Å²) in [7, 11) is -2.56. The number of anilines is 1. The molecule has 226 valence electrons. The van der Waals surface area contributed by atoms with E-state index in [9.17, 15) is 18.0 Å². The summed E-state index contributed by atoms with van der Waals surface area (Å²) in [6, 6.07) is 18.5. The third-order valence-electron chi connectivity index (χ3n) is 6.94. The van der Waals surface area contributed by atoms with Gasteiger partial charge in [0, 0.05) is 13.1 Å². The third kappa shape index (κ3) is 8.35. The zero-order valence-electron chi connectivity index (χ0n) is 25.7. The van der Waals surface area contributed by atoms with E-state index in [4.69, 9.17) is 4.74 Å². The summed E-state index contributed by atoms with van der Waals surface area (Å²) in [6.07, 6.45) is 0.355. The number of ether oxygens (including phenoxy) is 1. The summed E-state index contributed by atoms with van der Waals surface area (Å²) in [6.45, 7) is 11.6. The Morgan fingerprint density at radius 1 is 0.905 bits per heavy atom. The van der Waals surface area contributed by atoms with Crippen molar-refractivity contribution in [3.8, 4) is 5.75 Å². The normalized spacial score (nSPS) is 12.1. The minimum atomic E-state index is -4.13. The van der Waals surface area contributed by atoms with E-state index in [-0.39, 0.29) is 23.3 Å². The summed E-state index contributed by atoms with van der Waals surface area (Å²) in [5.41, 5.74) is 3.81. The van der Waals surface area contributed by atoms with Gasteiger partial charge in [-0.05, 0) is 86.2 Å². The van der Waals surface area contributed by atoms with Crippen LogP contribution in [-0.2, 0) is 26.2 Å². The van der Waals surface area contributed by atoms with Crippen LogP contribution in [0, 0.1) is 26.7 Å². The molecule has 0 heterocycles. The molecule has 1 atom stereocenters. The molecule has 0 aliphatic carbocycles. The van der Waals surface area contributed by atoms with Crippen LogP contribution in [0.2, 0.25) is 0 Å². The van der Waals surface area contributed by atoms with Crippen molar-refractivity contribution in [2.45, 2.75) is 65.4 Å². The van der Waals surface area contributed by atoms with E-state index in [0.717, 1.165) is 26.6 Å². The van der Waals surface area contributed by atoms with Crippen LogP contribution in [0.15, 0.2) is 71.6 Å². The van der Waals surface area contributed by atoms with Gasteiger partial charge < -0.3 is 15.0 Å². The monoisotopic (exact) mass is 593 g/mol. The van der Waals surface area contributed by atoms with Gasteiger partial charge >= 0.3 is 0 Å². The highest BCUT2D eigenvalue weighted by Gasteiger charge is 2.34. The van der Waals surface area contributed by atoms with Gasteiger partial charge in [0.15, 0.2) is 0 Å². The molecular weight excluding hydrogens is 550 g/mol. The van der Waals surface area contributed by atoms with E-state index in [2.05, 4.69) is 5.32 Å². The second-order valence-corrected chi connectivity index (χ2v) is 13.0. The topological polar surface area (TPSA) is 96.0 Å². The van der Waals surface area contributed by atoms with Crippen molar-refractivity contribution < 1.29 is 22.7 Å². The Labute approximate surface area is 250 Å². The molecule has 0 saturated heterocycles. The highest BCUT2D eigenvalue weighted by atomic mass is 32.2. The van der Waals surface area contributed by atoms with Crippen molar-refractivity contribution in [3.05, 3.63) is 89.0 Å². The molecule has 0 fully saturated rings. The number of nitrogens with one attached hydrogen (secondary N) is 1. The first-order valence-electron chi connectivity index (χ1n) is 14.2. The molecule has 0 aromatic heterocycles. The van der Waals surface area contributed by atoms with Gasteiger partial charge in [-0.25, -0.2) is 8.42 Å². The number of hydrogen-bond acceptors (Lipinski definition) is 5. The molecule has 3 aromatic carbocycles. The third-order valence-corrected chi connectivity index (χ3v) is 8.73. The van der Waals surface area contributed by atoms with Crippen LogP contribution in [-0.4, -0.2) is 51.4 Å². The SMILES string of the molecule is CC[C@H](C(=O)NCC(C)C)N(Cc1cccc(OC)c1)C(=O)CN(c1cc(C)cc(C)c1)S(=O)(=O)c1ccc(C)cc1. The van der Waals surface area contributed by atoms with Gasteiger partial charge in [-0.15, -0.1) is 0 Å². The molecule has 0 saturated carbocycles. The molecule has 0 radical (unpaired) electrons. The Kier molecular flexibility index (Phi) is 11.2. The number of nitrogens with zero attached hydrogens (tertiary/aromatic N) is 2. The largest absolute Gasteiger partial charge is 0.497 e. The Bertz CT molecular complexity index is 1470. The molecule has 0 bridgehead atoms. The number of methoxy groups -OCH3 is 1. The van der Waals surface area contributed by atoms with E-state index < -0.39 is 28.5 Å². The standard InChI is InChI=1S/C33H43N3O5S/c1-8-31(33(38)34-20-23(2)3)35(21-27-10-9-11-29(19-27)41-7)32(37)22-36(28-17-25(5)16-26(6)18-28)42(39,40)30-14-12-24(4)13-15-30/h9-19,23,31H,8,20-22H2,1-7H3,(H,34,38)/t31-/m1/s1. The molecular formula is C33H43N3O5S. The molecule has 1 N–H and O–H groups in total. The first-order valence-corrected chi connectivity index (χ1v) is 15.7. The molecule has 2 amide bonds. The smallest absolute Gasteiger partial charge is 0.264 e. The summed E-state index contributed by atoms with van der Waals surface area (Å²) in [5.74, 6) is 0.0886. The average molecular weight is 594 g/mol. The van der Waals surface area contributed by atoms with Gasteiger partial charge in [-0.1, -0.05) is 56.7 Å². The molecule has 0 aliphatic heterocycles. The summed E-state index contributed by atoms with van der Waals surface area (Å²) >= 11 is 0. The molecule has 3 aromatic rings. The Morgan fingerprint density at radius 2 is 1.55 bits per heavy atom. The summed E-state index contributed by atoms with van der Waals surface area (Å²) in [5, 5.41) is 2.95. The first-order chi connectivity index (χ1) is 19.8. The van der Waals surface area contributed by atoms with Gasteiger partial charge in [-0.2, -0.15) is 0 Å². The number of rotatable bonds is 13. The molecule has 3 rings (SSSR count). The van der Waals surface area contributed by atoms with Crippen molar-refractivity contribution >= 4 is 27.5 Å². The van der Waals surface area contributed by atoms with E-state index >= 15 is 0 Å². The quantitative estimate of drug-likeness (QED) is 0.287. The van der Waals surface area contributed by atoms with Crippen LogP contribution in [0.4, 0.5) is 5.69 Å². The number of sulfonamides is 1. The molecule has 0 spiro atoms. The van der Waals surface area contributed by atoms with Gasteiger partial charge in [0.05, 0.1) is 17.7 Å². The first kappa shape index (κ1) is 32.7. The molecule has 8 nitrogen and oxygen atoms in total. The number of amides is 2. The second-order valence-electron chi connectivity index (χ2n) is 11.1. The van der Waals surface area contributed by atoms with Crippen LogP contribution in [0.25, 0.3) is 0 Å². The van der Waals surface area contributed by atoms with Crippen LogP contribution >= 0.6 is 0 Å².